The van der Waals surface area contributed by atoms with Crippen LogP contribution in [0.25, 0.3) is 11.3 Å². The van der Waals surface area contributed by atoms with Gasteiger partial charge in [-0.2, -0.15) is 4.31 Å². The zero-order valence-corrected chi connectivity index (χ0v) is 19.3. The van der Waals surface area contributed by atoms with Gasteiger partial charge in [0.15, 0.2) is 0 Å². The standard InChI is InChI=1S/C26H24N4O3S/c31-34(32,24-9-5-2-6-10-24)30-19-17-29(18-20-30)26-27-16-15-25(28-26)21-11-13-23(14-12-21)33-22-7-3-1-4-8-22/h1-16H,17-20H2. The van der Waals surface area contributed by atoms with E-state index in [1.807, 2.05) is 71.6 Å². The molecule has 0 amide bonds. The van der Waals surface area contributed by atoms with Crippen molar-refractivity contribution in [3.8, 4) is 22.8 Å². The number of hydrogen-bond donors (Lipinski definition) is 0. The lowest BCUT2D eigenvalue weighted by atomic mass is 10.1. The lowest BCUT2D eigenvalue weighted by molar-refractivity contribution is 0.382. The van der Waals surface area contributed by atoms with Crippen LogP contribution in [0.4, 0.5) is 5.95 Å². The van der Waals surface area contributed by atoms with E-state index in [0.717, 1.165) is 22.8 Å². The van der Waals surface area contributed by atoms with Crippen molar-refractivity contribution in [1.82, 2.24) is 14.3 Å². The van der Waals surface area contributed by atoms with E-state index in [2.05, 4.69) is 4.98 Å². The average Bonchev–Trinajstić information content (AvgIpc) is 2.90. The molecule has 0 aliphatic carbocycles. The Kier molecular flexibility index (Phi) is 6.24. The number of nitrogens with zero attached hydrogens (tertiary/aromatic N) is 4. The summed E-state index contributed by atoms with van der Waals surface area (Å²) in [4.78, 5) is 11.5. The van der Waals surface area contributed by atoms with Crippen LogP contribution in [0.15, 0.2) is 102 Å². The summed E-state index contributed by atoms with van der Waals surface area (Å²) in [5, 5.41) is 0. The lowest BCUT2D eigenvalue weighted by Gasteiger charge is -2.34. The third kappa shape index (κ3) is 4.78. The van der Waals surface area contributed by atoms with Gasteiger partial charge in [-0.1, -0.05) is 36.4 Å². The molecule has 2 heterocycles. The number of hydrogen-bond acceptors (Lipinski definition) is 6. The summed E-state index contributed by atoms with van der Waals surface area (Å²) in [5.74, 6) is 2.13. The molecular formula is C26H24N4O3S. The Morgan fingerprint density at radius 3 is 2.00 bits per heavy atom. The Labute approximate surface area is 199 Å². The Balaban J connectivity index is 1.26. The molecule has 1 saturated heterocycles. The third-order valence-corrected chi connectivity index (χ3v) is 7.59. The van der Waals surface area contributed by atoms with Gasteiger partial charge in [0.2, 0.25) is 16.0 Å². The van der Waals surface area contributed by atoms with Crippen molar-refractivity contribution in [2.45, 2.75) is 4.90 Å². The van der Waals surface area contributed by atoms with Crippen molar-refractivity contribution in [2.24, 2.45) is 0 Å². The Morgan fingerprint density at radius 2 is 1.32 bits per heavy atom. The molecule has 1 fully saturated rings. The lowest BCUT2D eigenvalue weighted by Crippen LogP contribution is -2.49. The quantitative estimate of drug-likeness (QED) is 0.413. The van der Waals surface area contributed by atoms with Crippen LogP contribution in [0.3, 0.4) is 0 Å². The van der Waals surface area contributed by atoms with Crippen LogP contribution in [0.1, 0.15) is 0 Å². The molecule has 0 N–H and O–H groups in total. The van der Waals surface area contributed by atoms with E-state index < -0.39 is 10.0 Å². The Hall–Kier alpha value is -3.75. The molecule has 172 valence electrons. The van der Waals surface area contributed by atoms with Gasteiger partial charge in [0.25, 0.3) is 0 Å². The highest BCUT2D eigenvalue weighted by molar-refractivity contribution is 7.89. The van der Waals surface area contributed by atoms with E-state index in [4.69, 9.17) is 9.72 Å². The SMILES string of the molecule is O=S(=O)(c1ccccc1)N1CCN(c2nccc(-c3ccc(Oc4ccccc4)cc3)n2)CC1. The van der Waals surface area contributed by atoms with Crippen LogP contribution in [0.2, 0.25) is 0 Å². The number of piperazine rings is 1. The second kappa shape index (κ2) is 9.62. The maximum Gasteiger partial charge on any atom is 0.243 e. The van der Waals surface area contributed by atoms with E-state index in [1.165, 1.54) is 4.31 Å². The van der Waals surface area contributed by atoms with Crippen LogP contribution in [0.5, 0.6) is 11.5 Å². The smallest absolute Gasteiger partial charge is 0.243 e. The number of benzene rings is 3. The van der Waals surface area contributed by atoms with Gasteiger partial charge in [0.05, 0.1) is 10.6 Å². The van der Waals surface area contributed by atoms with Gasteiger partial charge in [-0.15, -0.1) is 0 Å². The molecule has 4 aromatic rings. The topological polar surface area (TPSA) is 75.6 Å². The molecule has 0 unspecified atom stereocenters. The van der Waals surface area contributed by atoms with Gasteiger partial charge in [0.1, 0.15) is 11.5 Å². The fraction of sp³-hybridized carbons (Fsp3) is 0.154. The van der Waals surface area contributed by atoms with Crippen LogP contribution < -0.4 is 9.64 Å². The summed E-state index contributed by atoms with van der Waals surface area (Å²) in [6.07, 6.45) is 1.74. The van der Waals surface area contributed by atoms with Gasteiger partial charge in [-0.25, -0.2) is 18.4 Å². The molecule has 1 aromatic heterocycles. The molecule has 0 spiro atoms. The van der Waals surface area contributed by atoms with Crippen LogP contribution in [-0.2, 0) is 10.0 Å². The third-order valence-electron chi connectivity index (χ3n) is 5.67. The average molecular weight is 473 g/mol. The first-order valence-electron chi connectivity index (χ1n) is 11.1. The number of rotatable bonds is 6. The molecule has 0 saturated carbocycles. The highest BCUT2D eigenvalue weighted by Gasteiger charge is 2.29. The van der Waals surface area contributed by atoms with Crippen molar-refractivity contribution in [1.29, 1.82) is 0 Å². The highest BCUT2D eigenvalue weighted by atomic mass is 32.2. The van der Waals surface area contributed by atoms with E-state index >= 15 is 0 Å². The molecule has 7 nitrogen and oxygen atoms in total. The molecule has 8 heteroatoms. The normalized spacial score (nSPS) is 14.6. The number of ether oxygens (including phenoxy) is 1. The van der Waals surface area contributed by atoms with Crippen LogP contribution >= 0.6 is 0 Å². The van der Waals surface area contributed by atoms with Gasteiger partial charge in [-0.3, -0.25) is 0 Å². The largest absolute Gasteiger partial charge is 0.457 e. The highest BCUT2D eigenvalue weighted by Crippen LogP contribution is 2.26. The number of para-hydroxylation sites is 1. The predicted octanol–water partition coefficient (Wildman–Crippen LogP) is 4.45. The Morgan fingerprint density at radius 1 is 0.706 bits per heavy atom. The molecule has 0 radical (unpaired) electrons. The van der Waals surface area contributed by atoms with Crippen molar-refractivity contribution in [3.05, 3.63) is 97.2 Å². The fourth-order valence-corrected chi connectivity index (χ4v) is 5.29. The van der Waals surface area contributed by atoms with Crippen molar-refractivity contribution < 1.29 is 13.2 Å². The van der Waals surface area contributed by atoms with Crippen molar-refractivity contribution in [3.63, 3.8) is 0 Å². The molecule has 1 aliphatic heterocycles. The second-order valence-corrected chi connectivity index (χ2v) is 9.82. The molecule has 3 aromatic carbocycles. The summed E-state index contributed by atoms with van der Waals surface area (Å²) in [6, 6.07) is 27.8. The molecule has 0 atom stereocenters. The van der Waals surface area contributed by atoms with Gasteiger partial charge in [-0.05, 0) is 54.6 Å². The molecule has 5 rings (SSSR count). The first-order valence-corrected chi connectivity index (χ1v) is 12.5. The molecule has 1 aliphatic rings. The van der Waals surface area contributed by atoms with E-state index in [9.17, 15) is 8.42 Å². The summed E-state index contributed by atoms with van der Waals surface area (Å²) in [5.41, 5.74) is 1.75. The Bertz CT molecular complexity index is 1340. The van der Waals surface area contributed by atoms with Gasteiger partial charge in [0, 0.05) is 37.9 Å². The van der Waals surface area contributed by atoms with E-state index in [1.54, 1.807) is 30.5 Å². The minimum atomic E-state index is -3.49. The monoisotopic (exact) mass is 472 g/mol. The number of sulfonamides is 1. The maximum absolute atomic E-state index is 12.9. The van der Waals surface area contributed by atoms with E-state index in [-0.39, 0.29) is 0 Å². The maximum atomic E-state index is 12.9. The van der Waals surface area contributed by atoms with Gasteiger partial charge >= 0.3 is 0 Å². The molecule has 34 heavy (non-hydrogen) atoms. The number of anilines is 1. The summed E-state index contributed by atoms with van der Waals surface area (Å²) >= 11 is 0. The summed E-state index contributed by atoms with van der Waals surface area (Å²) in [6.45, 7) is 1.82. The summed E-state index contributed by atoms with van der Waals surface area (Å²) in [7, 11) is -3.49. The first-order chi connectivity index (χ1) is 16.6. The first kappa shape index (κ1) is 22.1. The molecular weight excluding hydrogens is 448 g/mol. The second-order valence-electron chi connectivity index (χ2n) is 7.89. The fourth-order valence-electron chi connectivity index (χ4n) is 3.85. The summed E-state index contributed by atoms with van der Waals surface area (Å²) < 4.78 is 33.1. The minimum Gasteiger partial charge on any atom is -0.457 e. The van der Waals surface area contributed by atoms with Crippen molar-refractivity contribution >= 4 is 16.0 Å². The predicted molar refractivity (Wildman–Crippen MR) is 131 cm³/mol. The molecule has 0 bridgehead atoms. The van der Waals surface area contributed by atoms with E-state index in [0.29, 0.717) is 37.0 Å². The number of aromatic nitrogens is 2. The van der Waals surface area contributed by atoms with Gasteiger partial charge < -0.3 is 9.64 Å². The zero-order valence-electron chi connectivity index (χ0n) is 18.5. The zero-order chi connectivity index (χ0) is 23.4. The van der Waals surface area contributed by atoms with Crippen LogP contribution in [-0.4, -0.2) is 48.9 Å². The minimum absolute atomic E-state index is 0.321. The van der Waals surface area contributed by atoms with Crippen LogP contribution in [0, 0.1) is 0 Å². The van der Waals surface area contributed by atoms with Crippen molar-refractivity contribution in [2.75, 3.05) is 31.1 Å².